The fourth-order valence-electron chi connectivity index (χ4n) is 2.08. The summed E-state index contributed by atoms with van der Waals surface area (Å²) in [6.45, 7) is 3.50. The predicted octanol–water partition coefficient (Wildman–Crippen LogP) is -0.283. The summed E-state index contributed by atoms with van der Waals surface area (Å²) in [6.07, 6.45) is 1.63. The van der Waals surface area contributed by atoms with Gasteiger partial charge in [0.25, 0.3) is 0 Å². The Morgan fingerprint density at radius 1 is 1.37 bits per heavy atom. The number of likely N-dealkylation sites (tertiary alicyclic amines) is 1. The highest BCUT2D eigenvalue weighted by molar-refractivity contribution is 5.95. The number of piperidine rings is 1. The summed E-state index contributed by atoms with van der Waals surface area (Å²) in [7, 11) is 1.44. The van der Waals surface area contributed by atoms with Crippen molar-refractivity contribution < 1.29 is 19.1 Å². The van der Waals surface area contributed by atoms with Gasteiger partial charge in [0, 0.05) is 13.6 Å². The third-order valence-corrected chi connectivity index (χ3v) is 2.97. The molecule has 2 N–H and O–H groups in total. The van der Waals surface area contributed by atoms with Gasteiger partial charge < -0.3 is 10.1 Å². The number of amides is 3. The van der Waals surface area contributed by atoms with Gasteiger partial charge >= 0.3 is 12.0 Å². The Morgan fingerprint density at radius 2 is 2.11 bits per heavy atom. The fraction of sp³-hybridized carbons (Fsp3) is 0.750. The van der Waals surface area contributed by atoms with Gasteiger partial charge in [0.2, 0.25) is 5.91 Å². The van der Waals surface area contributed by atoms with E-state index in [1.54, 1.807) is 6.92 Å². The molecule has 7 heteroatoms. The Bertz CT molecular complexity index is 346. The standard InChI is InChI=1S/C12H21N3O4/c1-3-19-11(17)9-5-4-6-15(7-9)8-10(16)14-12(18)13-2/h9H,3-8H2,1-2H3,(H2,13,14,16,18)/t9-/m1/s1. The lowest BCUT2D eigenvalue weighted by Crippen LogP contribution is -2.47. The number of imide groups is 1. The summed E-state index contributed by atoms with van der Waals surface area (Å²) in [5.41, 5.74) is 0. The van der Waals surface area contributed by atoms with Crippen molar-refractivity contribution >= 4 is 17.9 Å². The number of ether oxygens (including phenoxy) is 1. The number of nitrogens with zero attached hydrogens (tertiary/aromatic N) is 1. The number of carbonyl (C=O) groups is 3. The van der Waals surface area contributed by atoms with E-state index in [0.717, 1.165) is 19.4 Å². The first kappa shape index (κ1) is 15.4. The van der Waals surface area contributed by atoms with E-state index in [-0.39, 0.29) is 24.3 Å². The summed E-state index contributed by atoms with van der Waals surface area (Å²) in [6, 6.07) is -0.524. The first-order chi connectivity index (χ1) is 9.06. The van der Waals surface area contributed by atoms with E-state index in [1.807, 2.05) is 4.90 Å². The zero-order chi connectivity index (χ0) is 14.3. The Morgan fingerprint density at radius 3 is 2.74 bits per heavy atom. The number of carbonyl (C=O) groups excluding carboxylic acids is 3. The maximum absolute atomic E-state index is 11.6. The summed E-state index contributed by atoms with van der Waals surface area (Å²) in [5.74, 6) is -0.760. The number of urea groups is 1. The second kappa shape index (κ2) is 7.73. The van der Waals surface area contributed by atoms with Crippen molar-refractivity contribution in [1.82, 2.24) is 15.5 Å². The molecule has 19 heavy (non-hydrogen) atoms. The van der Waals surface area contributed by atoms with Gasteiger partial charge in [-0.3, -0.25) is 19.8 Å². The Balaban J connectivity index is 2.40. The number of hydrogen-bond acceptors (Lipinski definition) is 5. The van der Waals surface area contributed by atoms with Crippen LogP contribution in [0.1, 0.15) is 19.8 Å². The first-order valence-electron chi connectivity index (χ1n) is 6.47. The number of esters is 1. The lowest BCUT2D eigenvalue weighted by molar-refractivity contribution is -0.150. The zero-order valence-electron chi connectivity index (χ0n) is 11.4. The zero-order valence-corrected chi connectivity index (χ0v) is 11.4. The average molecular weight is 271 g/mol. The van der Waals surface area contributed by atoms with Crippen LogP contribution in [0.4, 0.5) is 4.79 Å². The third-order valence-electron chi connectivity index (χ3n) is 2.97. The van der Waals surface area contributed by atoms with Crippen LogP contribution in [0.5, 0.6) is 0 Å². The van der Waals surface area contributed by atoms with Crippen LogP contribution in [0.3, 0.4) is 0 Å². The first-order valence-corrected chi connectivity index (χ1v) is 6.47. The summed E-state index contributed by atoms with van der Waals surface area (Å²) in [4.78, 5) is 36.0. The second-order valence-electron chi connectivity index (χ2n) is 4.45. The van der Waals surface area contributed by atoms with Crippen LogP contribution in [0, 0.1) is 5.92 Å². The Hall–Kier alpha value is -1.63. The molecule has 1 rings (SSSR count). The predicted molar refractivity (Wildman–Crippen MR) is 68.4 cm³/mol. The monoisotopic (exact) mass is 271 g/mol. The molecule has 1 fully saturated rings. The van der Waals surface area contributed by atoms with Crippen LogP contribution in [0.2, 0.25) is 0 Å². The fourth-order valence-corrected chi connectivity index (χ4v) is 2.08. The highest BCUT2D eigenvalue weighted by Crippen LogP contribution is 2.17. The molecular weight excluding hydrogens is 250 g/mol. The molecule has 0 saturated carbocycles. The van der Waals surface area contributed by atoms with Crippen molar-refractivity contribution in [2.75, 3.05) is 33.3 Å². The molecule has 0 aromatic rings. The topological polar surface area (TPSA) is 87.7 Å². The average Bonchev–Trinajstić information content (AvgIpc) is 2.39. The molecule has 3 amide bonds. The van der Waals surface area contributed by atoms with Crippen LogP contribution in [-0.4, -0.2) is 56.1 Å². The van der Waals surface area contributed by atoms with Crippen LogP contribution in [0.25, 0.3) is 0 Å². The largest absolute Gasteiger partial charge is 0.466 e. The number of rotatable bonds is 4. The van der Waals surface area contributed by atoms with E-state index in [1.165, 1.54) is 7.05 Å². The molecule has 108 valence electrons. The minimum absolute atomic E-state index is 0.114. The van der Waals surface area contributed by atoms with Gasteiger partial charge in [-0.1, -0.05) is 0 Å². The lowest BCUT2D eigenvalue weighted by atomic mass is 9.98. The van der Waals surface area contributed by atoms with Crippen molar-refractivity contribution in [3.63, 3.8) is 0 Å². The van der Waals surface area contributed by atoms with Crippen LogP contribution in [-0.2, 0) is 14.3 Å². The Kier molecular flexibility index (Phi) is 6.27. The number of hydrogen-bond donors (Lipinski definition) is 2. The van der Waals surface area contributed by atoms with Crippen LogP contribution < -0.4 is 10.6 Å². The smallest absolute Gasteiger partial charge is 0.321 e. The molecule has 0 radical (unpaired) electrons. The molecule has 7 nitrogen and oxygen atoms in total. The van der Waals surface area contributed by atoms with Crippen LogP contribution >= 0.6 is 0 Å². The summed E-state index contributed by atoms with van der Waals surface area (Å²) >= 11 is 0. The van der Waals surface area contributed by atoms with Gasteiger partial charge in [0.05, 0.1) is 19.1 Å². The molecule has 0 aromatic heterocycles. The van der Waals surface area contributed by atoms with E-state index in [4.69, 9.17) is 4.74 Å². The van der Waals surface area contributed by atoms with Crippen molar-refractivity contribution in [3.05, 3.63) is 0 Å². The van der Waals surface area contributed by atoms with Gasteiger partial charge in [-0.05, 0) is 26.3 Å². The van der Waals surface area contributed by atoms with Crippen molar-refractivity contribution in [2.24, 2.45) is 5.92 Å². The van der Waals surface area contributed by atoms with Crippen molar-refractivity contribution in [2.45, 2.75) is 19.8 Å². The third kappa shape index (κ3) is 5.25. The van der Waals surface area contributed by atoms with E-state index >= 15 is 0 Å². The molecule has 1 aliphatic rings. The summed E-state index contributed by atoms with van der Waals surface area (Å²) in [5, 5.41) is 4.51. The van der Waals surface area contributed by atoms with Gasteiger partial charge in [-0.25, -0.2) is 4.79 Å². The highest BCUT2D eigenvalue weighted by atomic mass is 16.5. The molecule has 0 aromatic carbocycles. The molecule has 0 aliphatic carbocycles. The molecule has 0 bridgehead atoms. The highest BCUT2D eigenvalue weighted by Gasteiger charge is 2.27. The molecule has 0 spiro atoms. The summed E-state index contributed by atoms with van der Waals surface area (Å²) < 4.78 is 4.99. The van der Waals surface area contributed by atoms with Gasteiger partial charge in [-0.2, -0.15) is 0 Å². The van der Waals surface area contributed by atoms with Crippen LogP contribution in [0.15, 0.2) is 0 Å². The Labute approximate surface area is 112 Å². The molecule has 1 atom stereocenters. The maximum Gasteiger partial charge on any atom is 0.321 e. The lowest BCUT2D eigenvalue weighted by Gasteiger charge is -2.30. The number of nitrogens with one attached hydrogen (secondary N) is 2. The minimum Gasteiger partial charge on any atom is -0.466 e. The van der Waals surface area contributed by atoms with E-state index in [2.05, 4.69) is 10.6 Å². The van der Waals surface area contributed by atoms with E-state index in [0.29, 0.717) is 13.2 Å². The van der Waals surface area contributed by atoms with Crippen molar-refractivity contribution in [3.8, 4) is 0 Å². The molecule has 1 aliphatic heterocycles. The van der Waals surface area contributed by atoms with E-state index < -0.39 is 6.03 Å². The van der Waals surface area contributed by atoms with Crippen molar-refractivity contribution in [1.29, 1.82) is 0 Å². The SMILES string of the molecule is CCOC(=O)[C@@H]1CCCN(CC(=O)NC(=O)NC)C1. The van der Waals surface area contributed by atoms with Gasteiger partial charge in [0.15, 0.2) is 0 Å². The normalized spacial score (nSPS) is 19.6. The maximum atomic E-state index is 11.6. The minimum atomic E-state index is -0.524. The molecule has 1 saturated heterocycles. The quantitative estimate of drug-likeness (QED) is 0.686. The van der Waals surface area contributed by atoms with Gasteiger partial charge in [-0.15, -0.1) is 0 Å². The van der Waals surface area contributed by atoms with Gasteiger partial charge in [0.1, 0.15) is 0 Å². The molecule has 0 unspecified atom stereocenters. The molecule has 1 heterocycles. The second-order valence-corrected chi connectivity index (χ2v) is 4.45. The van der Waals surface area contributed by atoms with E-state index in [9.17, 15) is 14.4 Å². The molecular formula is C12H21N3O4.